The molecule has 0 fully saturated rings. The van der Waals surface area contributed by atoms with Gasteiger partial charge in [-0.2, -0.15) is 0 Å². The van der Waals surface area contributed by atoms with Crippen LogP contribution < -0.4 is 10.2 Å². The molecule has 1 N–H and O–H groups in total. The maximum atomic E-state index is 12.9. The van der Waals surface area contributed by atoms with Crippen molar-refractivity contribution in [3.05, 3.63) is 62.7 Å². The third-order valence-electron chi connectivity index (χ3n) is 3.97. The van der Waals surface area contributed by atoms with Crippen molar-refractivity contribution in [2.45, 2.75) is 13.3 Å². The van der Waals surface area contributed by atoms with E-state index in [4.69, 9.17) is 11.6 Å². The second-order valence-corrected chi connectivity index (χ2v) is 6.11. The van der Waals surface area contributed by atoms with E-state index in [1.165, 1.54) is 23.1 Å². The van der Waals surface area contributed by atoms with E-state index in [-0.39, 0.29) is 30.5 Å². The Labute approximate surface area is 148 Å². The summed E-state index contributed by atoms with van der Waals surface area (Å²) in [5, 5.41) is 14.1. The quantitative estimate of drug-likeness (QED) is 0.655. The van der Waals surface area contributed by atoms with E-state index in [0.717, 1.165) is 0 Å². The first-order chi connectivity index (χ1) is 11.9. The zero-order valence-electron chi connectivity index (χ0n) is 13.3. The van der Waals surface area contributed by atoms with Crippen molar-refractivity contribution in [1.29, 1.82) is 0 Å². The number of anilines is 2. The van der Waals surface area contributed by atoms with Gasteiger partial charge in [0.2, 0.25) is 5.91 Å². The molecule has 1 aliphatic heterocycles. The number of fused-ring (bicyclic) bond motifs is 1. The van der Waals surface area contributed by atoms with Crippen LogP contribution in [0.2, 0.25) is 5.02 Å². The zero-order valence-corrected chi connectivity index (χ0v) is 14.0. The van der Waals surface area contributed by atoms with E-state index in [1.54, 1.807) is 25.1 Å². The molecule has 25 heavy (non-hydrogen) atoms. The fourth-order valence-electron chi connectivity index (χ4n) is 2.75. The lowest BCUT2D eigenvalue weighted by Crippen LogP contribution is -2.32. The highest BCUT2D eigenvalue weighted by atomic mass is 35.5. The summed E-state index contributed by atoms with van der Waals surface area (Å²) in [6.45, 7) is 1.78. The molecule has 1 aliphatic rings. The molecule has 0 spiro atoms. The van der Waals surface area contributed by atoms with Gasteiger partial charge in [-0.3, -0.25) is 19.7 Å². The van der Waals surface area contributed by atoms with Gasteiger partial charge in [-0.15, -0.1) is 0 Å². The number of carbonyl (C=O) groups is 2. The van der Waals surface area contributed by atoms with E-state index >= 15 is 0 Å². The SMILES string of the molecule is Cc1cc(C(=O)N2CCC(=O)Nc3cc(Cl)ccc32)ccc1[N+](=O)[O-]. The van der Waals surface area contributed by atoms with Gasteiger partial charge < -0.3 is 10.2 Å². The maximum absolute atomic E-state index is 12.9. The van der Waals surface area contributed by atoms with Crippen LogP contribution in [0, 0.1) is 17.0 Å². The predicted octanol–water partition coefficient (Wildman–Crippen LogP) is 3.55. The van der Waals surface area contributed by atoms with Crippen LogP contribution in [-0.2, 0) is 4.79 Å². The number of nitro benzene ring substituents is 1. The van der Waals surface area contributed by atoms with Crippen molar-refractivity contribution < 1.29 is 14.5 Å². The molecule has 3 rings (SSSR count). The molecule has 0 saturated heterocycles. The normalized spacial score (nSPS) is 13.7. The van der Waals surface area contributed by atoms with E-state index in [9.17, 15) is 19.7 Å². The number of carbonyl (C=O) groups excluding carboxylic acids is 2. The number of benzene rings is 2. The Bertz CT molecular complexity index is 897. The van der Waals surface area contributed by atoms with Crippen molar-refractivity contribution in [2.75, 3.05) is 16.8 Å². The number of nitro groups is 1. The molecule has 0 aromatic heterocycles. The Kier molecular flexibility index (Phi) is 4.41. The van der Waals surface area contributed by atoms with Gasteiger partial charge in [0.05, 0.1) is 16.3 Å². The average Bonchev–Trinajstić information content (AvgIpc) is 2.71. The molecular weight excluding hydrogens is 346 g/mol. The van der Waals surface area contributed by atoms with Gasteiger partial charge in [0.15, 0.2) is 0 Å². The van der Waals surface area contributed by atoms with Crippen LogP contribution in [-0.4, -0.2) is 23.3 Å². The fourth-order valence-corrected chi connectivity index (χ4v) is 2.92. The minimum Gasteiger partial charge on any atom is -0.324 e. The van der Waals surface area contributed by atoms with Crippen LogP contribution in [0.1, 0.15) is 22.3 Å². The number of halogens is 1. The van der Waals surface area contributed by atoms with Gasteiger partial charge in [-0.05, 0) is 37.3 Å². The average molecular weight is 360 g/mol. The number of nitrogens with zero attached hydrogens (tertiary/aromatic N) is 2. The van der Waals surface area contributed by atoms with Crippen molar-refractivity contribution in [3.63, 3.8) is 0 Å². The highest BCUT2D eigenvalue weighted by Crippen LogP contribution is 2.33. The summed E-state index contributed by atoms with van der Waals surface area (Å²) in [7, 11) is 0. The van der Waals surface area contributed by atoms with Crippen LogP contribution >= 0.6 is 11.6 Å². The maximum Gasteiger partial charge on any atom is 0.272 e. The third-order valence-corrected chi connectivity index (χ3v) is 4.21. The lowest BCUT2D eigenvalue weighted by Gasteiger charge is -2.22. The summed E-state index contributed by atoms with van der Waals surface area (Å²) in [4.78, 5) is 36.7. The molecule has 0 saturated carbocycles. The zero-order chi connectivity index (χ0) is 18.1. The van der Waals surface area contributed by atoms with Gasteiger partial charge in [0.1, 0.15) is 0 Å². The topological polar surface area (TPSA) is 92.6 Å². The van der Waals surface area contributed by atoms with Crippen LogP contribution in [0.15, 0.2) is 36.4 Å². The monoisotopic (exact) mass is 359 g/mol. The molecule has 0 unspecified atom stereocenters. The van der Waals surface area contributed by atoms with E-state index < -0.39 is 4.92 Å². The third kappa shape index (κ3) is 3.32. The molecule has 0 radical (unpaired) electrons. The number of nitrogens with one attached hydrogen (secondary N) is 1. The lowest BCUT2D eigenvalue weighted by molar-refractivity contribution is -0.385. The van der Waals surface area contributed by atoms with Crippen molar-refractivity contribution >= 4 is 40.5 Å². The van der Waals surface area contributed by atoms with Crippen LogP contribution in [0.4, 0.5) is 17.1 Å². The molecule has 128 valence electrons. The minimum atomic E-state index is -0.491. The number of rotatable bonds is 2. The van der Waals surface area contributed by atoms with Crippen molar-refractivity contribution in [1.82, 2.24) is 0 Å². The Morgan fingerprint density at radius 2 is 2.04 bits per heavy atom. The number of amides is 2. The first-order valence-electron chi connectivity index (χ1n) is 7.53. The van der Waals surface area contributed by atoms with Gasteiger partial charge in [0, 0.05) is 35.2 Å². The molecule has 1 heterocycles. The predicted molar refractivity (Wildman–Crippen MR) is 94.2 cm³/mol. The summed E-state index contributed by atoms with van der Waals surface area (Å²) in [5.74, 6) is -0.545. The van der Waals surface area contributed by atoms with Crippen LogP contribution in [0.5, 0.6) is 0 Å². The Morgan fingerprint density at radius 3 is 2.72 bits per heavy atom. The smallest absolute Gasteiger partial charge is 0.272 e. The standard InChI is InChI=1S/C17H14ClN3O4/c1-10-8-11(2-4-14(10)21(24)25)17(23)20-7-6-16(22)19-13-9-12(18)3-5-15(13)20/h2-5,8-9H,6-7H2,1H3,(H,19,22). The fraction of sp³-hybridized carbons (Fsp3) is 0.176. The molecule has 8 heteroatoms. The molecule has 2 amide bonds. The number of aryl methyl sites for hydroxylation is 1. The van der Waals surface area contributed by atoms with Crippen molar-refractivity contribution in [2.24, 2.45) is 0 Å². The van der Waals surface area contributed by atoms with Gasteiger partial charge in [-0.25, -0.2) is 0 Å². The first kappa shape index (κ1) is 16.9. The summed E-state index contributed by atoms with van der Waals surface area (Å²) >= 11 is 5.97. The summed E-state index contributed by atoms with van der Waals surface area (Å²) in [6, 6.07) is 9.10. The molecular formula is C17H14ClN3O4. The van der Waals surface area contributed by atoms with Crippen LogP contribution in [0.3, 0.4) is 0 Å². The molecule has 2 aromatic rings. The Balaban J connectivity index is 2.01. The van der Waals surface area contributed by atoms with Gasteiger partial charge >= 0.3 is 0 Å². The number of hydrogen-bond donors (Lipinski definition) is 1. The summed E-state index contributed by atoms with van der Waals surface area (Å²) in [6.07, 6.45) is 0.143. The molecule has 0 atom stereocenters. The van der Waals surface area contributed by atoms with E-state index in [2.05, 4.69) is 5.32 Å². The highest BCUT2D eigenvalue weighted by molar-refractivity contribution is 6.31. The molecule has 0 aliphatic carbocycles. The molecule has 7 nitrogen and oxygen atoms in total. The van der Waals surface area contributed by atoms with E-state index in [1.807, 2.05) is 0 Å². The van der Waals surface area contributed by atoms with Gasteiger partial charge in [0.25, 0.3) is 11.6 Å². The largest absolute Gasteiger partial charge is 0.324 e. The summed E-state index contributed by atoms with van der Waals surface area (Å²) in [5.41, 5.74) is 1.67. The molecule has 0 bridgehead atoms. The Morgan fingerprint density at radius 1 is 1.28 bits per heavy atom. The second-order valence-electron chi connectivity index (χ2n) is 5.67. The van der Waals surface area contributed by atoms with Crippen LogP contribution in [0.25, 0.3) is 0 Å². The van der Waals surface area contributed by atoms with E-state index in [0.29, 0.717) is 27.5 Å². The second kappa shape index (κ2) is 6.52. The summed E-state index contributed by atoms with van der Waals surface area (Å²) < 4.78 is 0. The lowest BCUT2D eigenvalue weighted by atomic mass is 10.1. The first-order valence-corrected chi connectivity index (χ1v) is 7.91. The number of hydrogen-bond acceptors (Lipinski definition) is 4. The molecule has 2 aromatic carbocycles. The highest BCUT2D eigenvalue weighted by Gasteiger charge is 2.26. The Hall–Kier alpha value is -2.93. The van der Waals surface area contributed by atoms with Gasteiger partial charge in [-0.1, -0.05) is 11.6 Å². The van der Waals surface area contributed by atoms with Crippen molar-refractivity contribution in [3.8, 4) is 0 Å². The minimum absolute atomic E-state index is 0.0450.